The number of thioether (sulfide) groups is 1. The van der Waals surface area contributed by atoms with Gasteiger partial charge in [0.25, 0.3) is 0 Å². The van der Waals surface area contributed by atoms with Crippen molar-refractivity contribution in [2.75, 3.05) is 12.8 Å². The summed E-state index contributed by atoms with van der Waals surface area (Å²) in [6, 6.07) is 0.816. The van der Waals surface area contributed by atoms with Crippen LogP contribution in [0, 0.1) is 5.92 Å². The monoisotopic (exact) mass is 255 g/mol. The molecule has 2 heteroatoms. The van der Waals surface area contributed by atoms with E-state index in [0.29, 0.717) is 4.75 Å². The van der Waals surface area contributed by atoms with E-state index in [-0.39, 0.29) is 0 Å². The zero-order chi connectivity index (χ0) is 12.1. The quantitative estimate of drug-likeness (QED) is 0.738. The van der Waals surface area contributed by atoms with Crippen molar-refractivity contribution < 1.29 is 0 Å². The van der Waals surface area contributed by atoms with Crippen molar-refractivity contribution in [1.29, 1.82) is 0 Å². The molecule has 100 valence electrons. The predicted octanol–water partition coefficient (Wildman–Crippen LogP) is 4.22. The molecule has 0 saturated heterocycles. The molecule has 0 aromatic heterocycles. The highest BCUT2D eigenvalue weighted by Gasteiger charge is 2.36. The summed E-state index contributed by atoms with van der Waals surface area (Å²) in [6.07, 6.45) is 15.2. The van der Waals surface area contributed by atoms with Crippen LogP contribution >= 0.6 is 11.8 Å². The van der Waals surface area contributed by atoms with Gasteiger partial charge in [-0.05, 0) is 44.3 Å². The van der Waals surface area contributed by atoms with Crippen molar-refractivity contribution in [3.05, 3.63) is 0 Å². The molecule has 2 aliphatic rings. The van der Waals surface area contributed by atoms with Crippen molar-refractivity contribution in [2.24, 2.45) is 5.92 Å². The molecule has 2 rings (SSSR count). The lowest BCUT2D eigenvalue weighted by molar-refractivity contribution is 0.319. The maximum Gasteiger partial charge on any atom is 0.0281 e. The molecule has 0 heterocycles. The van der Waals surface area contributed by atoms with Crippen LogP contribution in [0.5, 0.6) is 0 Å². The third-order valence-electron chi connectivity index (χ3n) is 5.08. The van der Waals surface area contributed by atoms with E-state index in [2.05, 4.69) is 30.3 Å². The van der Waals surface area contributed by atoms with Gasteiger partial charge in [0.1, 0.15) is 0 Å². The zero-order valence-corrected chi connectivity index (χ0v) is 12.5. The van der Waals surface area contributed by atoms with Crippen molar-refractivity contribution in [1.82, 2.24) is 5.32 Å². The molecule has 0 aromatic carbocycles. The minimum atomic E-state index is 0.608. The van der Waals surface area contributed by atoms with Crippen LogP contribution in [0.15, 0.2) is 0 Å². The Labute approximate surface area is 112 Å². The Morgan fingerprint density at radius 3 is 2.53 bits per heavy atom. The fourth-order valence-corrected chi connectivity index (χ4v) is 4.27. The summed E-state index contributed by atoms with van der Waals surface area (Å²) in [5, 5.41) is 3.88. The SMILES string of the molecule is CCC1CCCC(NCC2(SC)CCC2)CC1. The normalized spacial score (nSPS) is 32.8. The van der Waals surface area contributed by atoms with Crippen molar-refractivity contribution in [3.8, 4) is 0 Å². The fraction of sp³-hybridized carbons (Fsp3) is 1.00. The van der Waals surface area contributed by atoms with Gasteiger partial charge in [-0.3, -0.25) is 0 Å². The molecule has 0 amide bonds. The van der Waals surface area contributed by atoms with Gasteiger partial charge >= 0.3 is 0 Å². The van der Waals surface area contributed by atoms with Crippen molar-refractivity contribution in [2.45, 2.75) is 75.5 Å². The minimum Gasteiger partial charge on any atom is -0.313 e. The van der Waals surface area contributed by atoms with Crippen LogP contribution in [0.4, 0.5) is 0 Å². The average Bonchev–Trinajstić information content (AvgIpc) is 2.53. The molecular formula is C15H29NS. The molecule has 0 spiro atoms. The first kappa shape index (κ1) is 13.7. The molecule has 2 atom stereocenters. The Kier molecular flexibility index (Phi) is 5.23. The largest absolute Gasteiger partial charge is 0.313 e. The summed E-state index contributed by atoms with van der Waals surface area (Å²) in [7, 11) is 0. The van der Waals surface area contributed by atoms with Gasteiger partial charge in [0.05, 0.1) is 0 Å². The summed E-state index contributed by atoms with van der Waals surface area (Å²) in [4.78, 5) is 0. The molecule has 0 radical (unpaired) electrons. The zero-order valence-electron chi connectivity index (χ0n) is 11.6. The summed E-state index contributed by atoms with van der Waals surface area (Å²) < 4.78 is 0.608. The number of hydrogen-bond donors (Lipinski definition) is 1. The molecule has 2 fully saturated rings. The van der Waals surface area contributed by atoms with Gasteiger partial charge in [0, 0.05) is 17.3 Å². The van der Waals surface area contributed by atoms with Gasteiger partial charge < -0.3 is 5.32 Å². The van der Waals surface area contributed by atoms with Crippen LogP contribution in [0.2, 0.25) is 0 Å². The van der Waals surface area contributed by atoms with E-state index in [9.17, 15) is 0 Å². The first-order valence-electron chi connectivity index (χ1n) is 7.56. The van der Waals surface area contributed by atoms with Gasteiger partial charge in [-0.1, -0.05) is 32.6 Å². The predicted molar refractivity (Wildman–Crippen MR) is 78.8 cm³/mol. The van der Waals surface area contributed by atoms with E-state index in [1.807, 2.05) is 0 Å². The lowest BCUT2D eigenvalue weighted by Crippen LogP contribution is -2.46. The average molecular weight is 255 g/mol. The Morgan fingerprint density at radius 2 is 1.94 bits per heavy atom. The van der Waals surface area contributed by atoms with Crippen LogP contribution in [0.1, 0.15) is 64.7 Å². The molecule has 2 aliphatic carbocycles. The summed E-state index contributed by atoms with van der Waals surface area (Å²) in [5.74, 6) is 1.01. The van der Waals surface area contributed by atoms with Gasteiger partial charge in [-0.2, -0.15) is 11.8 Å². The third kappa shape index (κ3) is 3.64. The highest BCUT2D eigenvalue weighted by atomic mass is 32.2. The molecular weight excluding hydrogens is 226 g/mol. The van der Waals surface area contributed by atoms with E-state index >= 15 is 0 Å². The van der Waals surface area contributed by atoms with Crippen LogP contribution in [-0.2, 0) is 0 Å². The van der Waals surface area contributed by atoms with Crippen molar-refractivity contribution >= 4 is 11.8 Å². The van der Waals surface area contributed by atoms with Gasteiger partial charge in [-0.25, -0.2) is 0 Å². The summed E-state index contributed by atoms with van der Waals surface area (Å²) in [6.45, 7) is 3.62. The Bertz CT molecular complexity index is 219. The smallest absolute Gasteiger partial charge is 0.0281 e. The second-order valence-corrected chi connectivity index (χ2v) is 7.38. The maximum atomic E-state index is 3.88. The number of hydrogen-bond acceptors (Lipinski definition) is 2. The lowest BCUT2D eigenvalue weighted by atomic mass is 9.84. The van der Waals surface area contributed by atoms with E-state index in [4.69, 9.17) is 0 Å². The molecule has 1 N–H and O–H groups in total. The second-order valence-electron chi connectivity index (χ2n) is 6.10. The highest BCUT2D eigenvalue weighted by molar-refractivity contribution is 8.00. The van der Waals surface area contributed by atoms with Crippen LogP contribution in [-0.4, -0.2) is 23.6 Å². The van der Waals surface area contributed by atoms with E-state index in [0.717, 1.165) is 12.0 Å². The maximum absolute atomic E-state index is 3.88. The Morgan fingerprint density at radius 1 is 1.12 bits per heavy atom. The molecule has 0 bridgehead atoms. The molecule has 1 nitrogen and oxygen atoms in total. The Hall–Kier alpha value is 0.310. The van der Waals surface area contributed by atoms with E-state index in [1.165, 1.54) is 64.3 Å². The molecule has 0 aliphatic heterocycles. The molecule has 2 unspecified atom stereocenters. The second kappa shape index (κ2) is 6.47. The molecule has 2 saturated carbocycles. The fourth-order valence-electron chi connectivity index (χ4n) is 3.35. The standard InChI is InChI=1S/C15H29NS/c1-3-13-6-4-7-14(9-8-13)16-12-15(17-2)10-5-11-15/h13-14,16H,3-12H2,1-2H3. The van der Waals surface area contributed by atoms with E-state index < -0.39 is 0 Å². The topological polar surface area (TPSA) is 12.0 Å². The lowest BCUT2D eigenvalue weighted by Gasteiger charge is -2.41. The van der Waals surface area contributed by atoms with Crippen molar-refractivity contribution in [3.63, 3.8) is 0 Å². The van der Waals surface area contributed by atoms with Gasteiger partial charge in [0.2, 0.25) is 0 Å². The minimum absolute atomic E-state index is 0.608. The number of nitrogens with one attached hydrogen (secondary N) is 1. The summed E-state index contributed by atoms with van der Waals surface area (Å²) in [5.41, 5.74) is 0. The van der Waals surface area contributed by atoms with Gasteiger partial charge in [-0.15, -0.1) is 0 Å². The van der Waals surface area contributed by atoms with E-state index in [1.54, 1.807) is 0 Å². The Balaban J connectivity index is 1.72. The molecule has 17 heavy (non-hydrogen) atoms. The number of rotatable bonds is 5. The molecule has 0 aromatic rings. The third-order valence-corrected chi connectivity index (χ3v) is 6.49. The highest BCUT2D eigenvalue weighted by Crippen LogP contribution is 2.42. The van der Waals surface area contributed by atoms with Crippen LogP contribution in [0.3, 0.4) is 0 Å². The van der Waals surface area contributed by atoms with Crippen LogP contribution < -0.4 is 5.32 Å². The first-order chi connectivity index (χ1) is 8.28. The van der Waals surface area contributed by atoms with Gasteiger partial charge in [0.15, 0.2) is 0 Å². The first-order valence-corrected chi connectivity index (χ1v) is 8.79. The van der Waals surface area contributed by atoms with Crippen LogP contribution in [0.25, 0.3) is 0 Å². The summed E-state index contributed by atoms with van der Waals surface area (Å²) >= 11 is 2.10.